The van der Waals surface area contributed by atoms with E-state index in [1.807, 2.05) is 0 Å². The standard InChI is InChI=1S/C14H19NO/c15-14(11-5-3-7-16-9-11)13-8-10-4-1-2-6-12(10)13/h1-2,4,6,11,13-14H,3,5,7-9,15H2. The van der Waals surface area contributed by atoms with Crippen molar-refractivity contribution in [1.29, 1.82) is 0 Å². The van der Waals surface area contributed by atoms with E-state index >= 15 is 0 Å². The third-order valence-electron chi connectivity index (χ3n) is 4.10. The van der Waals surface area contributed by atoms with Crippen LogP contribution in [0.5, 0.6) is 0 Å². The molecule has 0 amide bonds. The first-order chi connectivity index (χ1) is 7.86. The molecule has 0 aromatic heterocycles. The summed E-state index contributed by atoms with van der Waals surface area (Å²) in [7, 11) is 0. The Morgan fingerprint density at radius 2 is 2.19 bits per heavy atom. The molecule has 86 valence electrons. The van der Waals surface area contributed by atoms with E-state index in [1.54, 1.807) is 0 Å². The van der Waals surface area contributed by atoms with Crippen LogP contribution < -0.4 is 5.73 Å². The van der Waals surface area contributed by atoms with E-state index in [4.69, 9.17) is 10.5 Å². The highest BCUT2D eigenvalue weighted by molar-refractivity contribution is 5.41. The highest BCUT2D eigenvalue weighted by atomic mass is 16.5. The van der Waals surface area contributed by atoms with Crippen molar-refractivity contribution in [2.24, 2.45) is 11.7 Å². The molecule has 2 aliphatic rings. The molecular weight excluding hydrogens is 198 g/mol. The van der Waals surface area contributed by atoms with Gasteiger partial charge in [0.1, 0.15) is 0 Å². The van der Waals surface area contributed by atoms with Gasteiger partial charge in [-0.05, 0) is 36.3 Å². The van der Waals surface area contributed by atoms with Gasteiger partial charge in [-0.1, -0.05) is 24.3 Å². The molecule has 1 aliphatic heterocycles. The smallest absolute Gasteiger partial charge is 0.0509 e. The third kappa shape index (κ3) is 1.66. The minimum absolute atomic E-state index is 0.287. The lowest BCUT2D eigenvalue weighted by atomic mass is 9.70. The third-order valence-corrected chi connectivity index (χ3v) is 4.10. The molecule has 0 radical (unpaired) electrons. The second-order valence-electron chi connectivity index (χ2n) is 5.06. The van der Waals surface area contributed by atoms with Gasteiger partial charge in [0.2, 0.25) is 0 Å². The summed E-state index contributed by atoms with van der Waals surface area (Å²) in [5, 5.41) is 0. The normalized spacial score (nSPS) is 30.3. The fourth-order valence-electron chi connectivity index (χ4n) is 3.04. The molecule has 1 saturated heterocycles. The minimum Gasteiger partial charge on any atom is -0.381 e. The predicted molar refractivity (Wildman–Crippen MR) is 64.4 cm³/mol. The number of hydrogen-bond acceptors (Lipinski definition) is 2. The maximum absolute atomic E-state index is 6.39. The Morgan fingerprint density at radius 3 is 2.94 bits per heavy atom. The molecule has 16 heavy (non-hydrogen) atoms. The number of fused-ring (bicyclic) bond motifs is 1. The zero-order valence-corrected chi connectivity index (χ0v) is 9.56. The highest BCUT2D eigenvalue weighted by Gasteiger charge is 2.35. The van der Waals surface area contributed by atoms with Gasteiger partial charge in [-0.25, -0.2) is 0 Å². The van der Waals surface area contributed by atoms with Crippen LogP contribution in [0, 0.1) is 5.92 Å². The number of hydrogen-bond donors (Lipinski definition) is 1. The summed E-state index contributed by atoms with van der Waals surface area (Å²) in [6.07, 6.45) is 3.57. The molecule has 1 heterocycles. The number of benzene rings is 1. The van der Waals surface area contributed by atoms with Gasteiger partial charge in [0.25, 0.3) is 0 Å². The summed E-state index contributed by atoms with van der Waals surface area (Å²) in [4.78, 5) is 0. The van der Waals surface area contributed by atoms with Gasteiger partial charge in [0.15, 0.2) is 0 Å². The second kappa shape index (κ2) is 4.19. The molecule has 1 aromatic carbocycles. The van der Waals surface area contributed by atoms with Crippen molar-refractivity contribution in [1.82, 2.24) is 0 Å². The van der Waals surface area contributed by atoms with Crippen LogP contribution in [0.4, 0.5) is 0 Å². The molecule has 0 saturated carbocycles. The van der Waals surface area contributed by atoms with Crippen LogP contribution >= 0.6 is 0 Å². The topological polar surface area (TPSA) is 35.2 Å². The quantitative estimate of drug-likeness (QED) is 0.823. The molecule has 2 nitrogen and oxygen atoms in total. The Hall–Kier alpha value is -0.860. The molecular formula is C14H19NO. The zero-order valence-electron chi connectivity index (χ0n) is 9.56. The van der Waals surface area contributed by atoms with Crippen molar-refractivity contribution >= 4 is 0 Å². The van der Waals surface area contributed by atoms with Crippen molar-refractivity contribution in [3.8, 4) is 0 Å². The lowest BCUT2D eigenvalue weighted by Gasteiger charge is -2.39. The van der Waals surface area contributed by atoms with Gasteiger partial charge in [0, 0.05) is 18.6 Å². The van der Waals surface area contributed by atoms with Crippen molar-refractivity contribution < 1.29 is 4.74 Å². The molecule has 2 heteroatoms. The van der Waals surface area contributed by atoms with Gasteiger partial charge < -0.3 is 10.5 Å². The van der Waals surface area contributed by atoms with E-state index in [0.717, 1.165) is 19.6 Å². The summed E-state index contributed by atoms with van der Waals surface area (Å²) in [6.45, 7) is 1.78. The van der Waals surface area contributed by atoms with E-state index in [-0.39, 0.29) is 6.04 Å². The fourth-order valence-corrected chi connectivity index (χ4v) is 3.04. The minimum atomic E-state index is 0.287. The number of nitrogens with two attached hydrogens (primary N) is 1. The van der Waals surface area contributed by atoms with Crippen LogP contribution in [0.3, 0.4) is 0 Å². The van der Waals surface area contributed by atoms with Crippen LogP contribution in [0.1, 0.15) is 29.9 Å². The first kappa shape index (κ1) is 10.3. The molecule has 1 fully saturated rings. The lowest BCUT2D eigenvalue weighted by molar-refractivity contribution is 0.0399. The second-order valence-corrected chi connectivity index (χ2v) is 5.06. The largest absolute Gasteiger partial charge is 0.381 e. The molecule has 3 unspecified atom stereocenters. The van der Waals surface area contributed by atoms with Crippen molar-refractivity contribution in [3.63, 3.8) is 0 Å². The molecule has 3 atom stereocenters. The summed E-state index contributed by atoms with van der Waals surface area (Å²) in [5.74, 6) is 1.13. The van der Waals surface area contributed by atoms with Gasteiger partial charge in [-0.3, -0.25) is 0 Å². The van der Waals surface area contributed by atoms with Crippen molar-refractivity contribution in [2.75, 3.05) is 13.2 Å². The Balaban J connectivity index is 1.71. The van der Waals surface area contributed by atoms with E-state index in [9.17, 15) is 0 Å². The molecule has 1 aliphatic carbocycles. The summed E-state index contributed by atoms with van der Waals surface area (Å²) in [5.41, 5.74) is 9.35. The average Bonchev–Trinajstić information content (AvgIpc) is 2.32. The van der Waals surface area contributed by atoms with Crippen LogP contribution in [0.2, 0.25) is 0 Å². The highest BCUT2D eigenvalue weighted by Crippen LogP contribution is 2.39. The van der Waals surface area contributed by atoms with Crippen LogP contribution in [0.15, 0.2) is 24.3 Å². The van der Waals surface area contributed by atoms with Gasteiger partial charge in [-0.15, -0.1) is 0 Å². The summed E-state index contributed by atoms with van der Waals surface area (Å²) < 4.78 is 5.53. The maximum atomic E-state index is 6.39. The average molecular weight is 217 g/mol. The molecule has 0 bridgehead atoms. The molecule has 1 aromatic rings. The summed E-state index contributed by atoms with van der Waals surface area (Å²) >= 11 is 0. The summed E-state index contributed by atoms with van der Waals surface area (Å²) in [6, 6.07) is 8.97. The van der Waals surface area contributed by atoms with Crippen LogP contribution in [-0.4, -0.2) is 19.3 Å². The van der Waals surface area contributed by atoms with E-state index in [1.165, 1.54) is 24.0 Å². The van der Waals surface area contributed by atoms with Crippen molar-refractivity contribution in [2.45, 2.75) is 31.2 Å². The number of ether oxygens (including phenoxy) is 1. The Labute approximate surface area is 96.8 Å². The monoisotopic (exact) mass is 217 g/mol. The van der Waals surface area contributed by atoms with E-state index in [2.05, 4.69) is 24.3 Å². The predicted octanol–water partition coefficient (Wildman–Crippen LogP) is 2.08. The first-order valence-electron chi connectivity index (χ1n) is 6.27. The first-order valence-corrected chi connectivity index (χ1v) is 6.27. The van der Waals surface area contributed by atoms with E-state index < -0.39 is 0 Å². The fraction of sp³-hybridized carbons (Fsp3) is 0.571. The lowest BCUT2D eigenvalue weighted by Crippen LogP contribution is -2.44. The Kier molecular flexibility index (Phi) is 2.70. The Morgan fingerprint density at radius 1 is 1.31 bits per heavy atom. The number of rotatable bonds is 2. The zero-order chi connectivity index (χ0) is 11.0. The van der Waals surface area contributed by atoms with Crippen molar-refractivity contribution in [3.05, 3.63) is 35.4 Å². The van der Waals surface area contributed by atoms with E-state index in [0.29, 0.717) is 11.8 Å². The molecule has 3 rings (SSSR count). The van der Waals surface area contributed by atoms with Crippen LogP contribution in [0.25, 0.3) is 0 Å². The Bertz CT molecular complexity index is 371. The van der Waals surface area contributed by atoms with Gasteiger partial charge in [-0.2, -0.15) is 0 Å². The molecule has 0 spiro atoms. The maximum Gasteiger partial charge on any atom is 0.0509 e. The van der Waals surface area contributed by atoms with Gasteiger partial charge >= 0.3 is 0 Å². The van der Waals surface area contributed by atoms with Crippen LogP contribution in [-0.2, 0) is 11.2 Å². The van der Waals surface area contributed by atoms with Gasteiger partial charge in [0.05, 0.1) is 6.61 Å². The SMILES string of the molecule is NC(C1CCCOC1)C1Cc2ccccc21. The molecule has 2 N–H and O–H groups in total.